The molecule has 1 N–H and O–H groups in total. The Balaban J connectivity index is 1.78. The van der Waals surface area contributed by atoms with Crippen LogP contribution in [0.3, 0.4) is 0 Å². The Kier molecular flexibility index (Phi) is 4.94. The molecular formula is C24H24N4O3. The molecule has 0 unspecified atom stereocenters. The summed E-state index contributed by atoms with van der Waals surface area (Å²) in [4.78, 5) is 31.8. The molecule has 2 aliphatic rings. The molecule has 4 heterocycles. The maximum Gasteiger partial charge on any atom is 0.277 e. The first-order chi connectivity index (χ1) is 15.1. The topological polar surface area (TPSA) is 78.7 Å². The van der Waals surface area contributed by atoms with E-state index in [1.165, 1.54) is 6.07 Å². The second kappa shape index (κ2) is 7.91. The van der Waals surface area contributed by atoms with E-state index >= 15 is 0 Å². The molecule has 7 nitrogen and oxygen atoms in total. The molecule has 0 saturated carbocycles. The van der Waals surface area contributed by atoms with E-state index in [9.17, 15) is 14.7 Å². The molecule has 0 aliphatic carbocycles. The van der Waals surface area contributed by atoms with E-state index in [0.717, 1.165) is 42.5 Å². The van der Waals surface area contributed by atoms with Gasteiger partial charge < -0.3 is 10.0 Å². The second-order valence-corrected chi connectivity index (χ2v) is 8.03. The van der Waals surface area contributed by atoms with Crippen LogP contribution in [-0.4, -0.2) is 38.8 Å². The Hall–Kier alpha value is -3.61. The van der Waals surface area contributed by atoms with Crippen molar-refractivity contribution in [3.05, 3.63) is 93.7 Å². The van der Waals surface area contributed by atoms with Gasteiger partial charge in [-0.1, -0.05) is 42.8 Å². The van der Waals surface area contributed by atoms with Crippen LogP contribution in [0.25, 0.3) is 0 Å². The maximum atomic E-state index is 13.2. The Morgan fingerprint density at radius 1 is 0.968 bits per heavy atom. The SMILES string of the molecule is O=C1c2c(O)c(=O)ccn2N2CN1CCCCCc1ncccc1[C@H]2c1ccccc1. The smallest absolute Gasteiger partial charge is 0.277 e. The molecule has 0 spiro atoms. The van der Waals surface area contributed by atoms with Crippen molar-refractivity contribution in [3.63, 3.8) is 0 Å². The lowest BCUT2D eigenvalue weighted by molar-refractivity contribution is 0.0677. The molecule has 158 valence electrons. The van der Waals surface area contributed by atoms with Gasteiger partial charge >= 0.3 is 0 Å². The lowest BCUT2D eigenvalue weighted by atomic mass is 9.94. The molecular weight excluding hydrogens is 392 g/mol. The van der Waals surface area contributed by atoms with Crippen LogP contribution >= 0.6 is 0 Å². The number of fused-ring (bicyclic) bond motifs is 5. The van der Waals surface area contributed by atoms with Crippen molar-refractivity contribution >= 4 is 5.91 Å². The van der Waals surface area contributed by atoms with Gasteiger partial charge in [-0.3, -0.25) is 24.3 Å². The monoisotopic (exact) mass is 416 g/mol. The molecule has 0 fully saturated rings. The van der Waals surface area contributed by atoms with E-state index in [0.29, 0.717) is 13.2 Å². The van der Waals surface area contributed by atoms with E-state index in [1.807, 2.05) is 35.5 Å². The van der Waals surface area contributed by atoms with Crippen molar-refractivity contribution in [2.75, 3.05) is 18.2 Å². The molecule has 2 bridgehead atoms. The van der Waals surface area contributed by atoms with E-state index < -0.39 is 11.2 Å². The Morgan fingerprint density at radius 3 is 2.65 bits per heavy atom. The van der Waals surface area contributed by atoms with Gasteiger partial charge in [-0.25, -0.2) is 0 Å². The lowest BCUT2D eigenvalue weighted by Gasteiger charge is -2.44. The number of aromatic hydroxyl groups is 1. The molecule has 0 saturated heterocycles. The minimum atomic E-state index is -0.552. The Labute approximate surface area is 180 Å². The highest BCUT2D eigenvalue weighted by molar-refractivity contribution is 5.96. The van der Waals surface area contributed by atoms with Crippen molar-refractivity contribution in [3.8, 4) is 5.75 Å². The molecule has 1 aromatic carbocycles. The molecule has 1 atom stereocenters. The molecule has 0 radical (unpaired) electrons. The normalized spacial score (nSPS) is 18.7. The zero-order valence-electron chi connectivity index (χ0n) is 17.1. The molecule has 2 aliphatic heterocycles. The second-order valence-electron chi connectivity index (χ2n) is 8.03. The first-order valence-corrected chi connectivity index (χ1v) is 10.6. The fourth-order valence-electron chi connectivity index (χ4n) is 4.59. The van der Waals surface area contributed by atoms with Crippen LogP contribution < -0.4 is 10.4 Å². The minimum Gasteiger partial charge on any atom is -0.502 e. The third-order valence-electron chi connectivity index (χ3n) is 6.11. The predicted molar refractivity (Wildman–Crippen MR) is 117 cm³/mol. The third-order valence-corrected chi connectivity index (χ3v) is 6.11. The van der Waals surface area contributed by atoms with Crippen LogP contribution in [0, 0.1) is 0 Å². The molecule has 2 aromatic heterocycles. The van der Waals surface area contributed by atoms with Crippen molar-refractivity contribution in [1.82, 2.24) is 14.6 Å². The van der Waals surface area contributed by atoms with E-state index in [1.54, 1.807) is 15.8 Å². The number of aromatic nitrogens is 2. The number of rotatable bonds is 1. The fraction of sp³-hybridized carbons (Fsp3) is 0.292. The number of aryl methyl sites for hydroxylation is 1. The van der Waals surface area contributed by atoms with Crippen LogP contribution in [0.5, 0.6) is 5.75 Å². The number of pyridine rings is 2. The summed E-state index contributed by atoms with van der Waals surface area (Å²) in [5.41, 5.74) is 2.62. The zero-order valence-corrected chi connectivity index (χ0v) is 17.1. The van der Waals surface area contributed by atoms with Gasteiger partial charge in [-0.15, -0.1) is 0 Å². The van der Waals surface area contributed by atoms with Gasteiger partial charge in [0.05, 0.1) is 6.04 Å². The van der Waals surface area contributed by atoms with Crippen molar-refractivity contribution in [2.45, 2.75) is 31.7 Å². The van der Waals surface area contributed by atoms with Gasteiger partial charge in [0.2, 0.25) is 5.43 Å². The Bertz CT molecular complexity index is 1170. The van der Waals surface area contributed by atoms with Crippen LogP contribution in [-0.2, 0) is 6.42 Å². The van der Waals surface area contributed by atoms with Crippen LogP contribution in [0.2, 0.25) is 0 Å². The highest BCUT2D eigenvalue weighted by Crippen LogP contribution is 2.34. The van der Waals surface area contributed by atoms with Gasteiger partial charge in [0.1, 0.15) is 6.67 Å². The largest absolute Gasteiger partial charge is 0.502 e. The number of benzene rings is 1. The lowest BCUT2D eigenvalue weighted by Crippen LogP contribution is -2.55. The highest BCUT2D eigenvalue weighted by atomic mass is 16.3. The van der Waals surface area contributed by atoms with E-state index in [4.69, 9.17) is 4.98 Å². The van der Waals surface area contributed by atoms with Crippen LogP contribution in [0.4, 0.5) is 0 Å². The number of nitrogens with zero attached hydrogens (tertiary/aromatic N) is 4. The van der Waals surface area contributed by atoms with Crippen molar-refractivity contribution in [1.29, 1.82) is 0 Å². The van der Waals surface area contributed by atoms with E-state index in [-0.39, 0.29) is 17.6 Å². The highest BCUT2D eigenvalue weighted by Gasteiger charge is 2.37. The summed E-state index contributed by atoms with van der Waals surface area (Å²) in [5, 5.41) is 12.6. The van der Waals surface area contributed by atoms with Gasteiger partial charge in [0.15, 0.2) is 11.4 Å². The molecule has 7 heteroatoms. The molecule has 31 heavy (non-hydrogen) atoms. The third kappa shape index (κ3) is 3.36. The van der Waals surface area contributed by atoms with Gasteiger partial charge in [0.25, 0.3) is 5.91 Å². The maximum absolute atomic E-state index is 13.2. The zero-order chi connectivity index (χ0) is 21.4. The summed E-state index contributed by atoms with van der Waals surface area (Å²) in [5.74, 6) is -0.820. The molecule has 3 aromatic rings. The summed E-state index contributed by atoms with van der Waals surface area (Å²) in [6.07, 6.45) is 7.09. The first kappa shape index (κ1) is 19.4. The van der Waals surface area contributed by atoms with Gasteiger partial charge in [0, 0.05) is 36.3 Å². The predicted octanol–water partition coefficient (Wildman–Crippen LogP) is 2.82. The van der Waals surface area contributed by atoms with Crippen LogP contribution in [0.15, 0.2) is 65.7 Å². The average molecular weight is 416 g/mol. The summed E-state index contributed by atoms with van der Waals surface area (Å²) in [6, 6.07) is 15.2. The standard InChI is InChI=1S/C24H24N4O3/c29-20-12-15-27-22(23(20)30)24(31)26-14-6-2-5-11-19-18(10-7-13-25-19)21(28(27)16-26)17-8-3-1-4-9-17/h1,3-4,7-10,12-13,15,21,30H,2,5-6,11,14,16H2/t21-/m1/s1. The van der Waals surface area contributed by atoms with Crippen LogP contribution in [0.1, 0.15) is 52.6 Å². The summed E-state index contributed by atoms with van der Waals surface area (Å²) in [7, 11) is 0. The Morgan fingerprint density at radius 2 is 1.81 bits per heavy atom. The fourth-order valence-corrected chi connectivity index (χ4v) is 4.59. The average Bonchev–Trinajstić information content (AvgIpc) is 2.82. The number of carbonyl (C=O) groups is 1. The number of amides is 1. The molecule has 1 amide bonds. The first-order valence-electron chi connectivity index (χ1n) is 10.6. The van der Waals surface area contributed by atoms with Gasteiger partial charge in [-0.2, -0.15) is 0 Å². The summed E-state index contributed by atoms with van der Waals surface area (Å²) >= 11 is 0. The van der Waals surface area contributed by atoms with Crippen molar-refractivity contribution in [2.24, 2.45) is 0 Å². The minimum absolute atomic E-state index is 0.0179. The van der Waals surface area contributed by atoms with Gasteiger partial charge in [-0.05, 0) is 30.9 Å². The van der Waals surface area contributed by atoms with Crippen molar-refractivity contribution < 1.29 is 9.90 Å². The number of hydrogen-bond acceptors (Lipinski definition) is 5. The number of hydrogen-bond donors (Lipinski definition) is 1. The molecule has 5 rings (SSSR count). The number of carbonyl (C=O) groups excluding carboxylic acids is 1. The van der Waals surface area contributed by atoms with E-state index in [2.05, 4.69) is 18.2 Å². The quantitative estimate of drug-likeness (QED) is 0.660. The summed E-state index contributed by atoms with van der Waals surface area (Å²) in [6.45, 7) is 0.922. The summed E-state index contributed by atoms with van der Waals surface area (Å²) < 4.78 is 1.64.